The van der Waals surface area contributed by atoms with E-state index in [0.717, 1.165) is 24.8 Å². The Morgan fingerprint density at radius 2 is 2.07 bits per heavy atom. The molecule has 7 heteroatoms. The fourth-order valence-corrected chi connectivity index (χ4v) is 3.07. The zero-order valence-corrected chi connectivity index (χ0v) is 15.3. The van der Waals surface area contributed by atoms with Gasteiger partial charge in [-0.2, -0.15) is 4.98 Å². The normalized spacial score (nSPS) is 14.7. The standard InChI is InChI=1S/C20H24N4O3/c1-2-12-23(19(26)15-24-13-8-4-7-11-18(24)25)14-17-21-20(22-27-17)16-9-5-3-6-10-16/h2-3,5-6,9-10H,1,4,7-8,11-15H2. The Kier molecular flexibility index (Phi) is 6.35. The minimum atomic E-state index is -0.149. The number of hydrogen-bond acceptors (Lipinski definition) is 5. The molecule has 0 unspecified atom stereocenters. The van der Waals surface area contributed by atoms with Crippen molar-refractivity contribution in [2.24, 2.45) is 0 Å². The molecule has 1 fully saturated rings. The highest BCUT2D eigenvalue weighted by atomic mass is 16.5. The molecule has 2 amide bonds. The Morgan fingerprint density at radius 1 is 1.26 bits per heavy atom. The number of nitrogens with zero attached hydrogens (tertiary/aromatic N) is 4. The topological polar surface area (TPSA) is 79.5 Å². The summed E-state index contributed by atoms with van der Waals surface area (Å²) in [6, 6.07) is 9.51. The molecule has 7 nitrogen and oxygen atoms in total. The molecule has 0 saturated carbocycles. The highest BCUT2D eigenvalue weighted by Crippen LogP contribution is 2.16. The summed E-state index contributed by atoms with van der Waals surface area (Å²) in [4.78, 5) is 32.5. The third-order valence-corrected chi connectivity index (χ3v) is 4.53. The molecule has 2 heterocycles. The molecule has 0 N–H and O–H groups in total. The minimum Gasteiger partial charge on any atom is -0.337 e. The first-order chi connectivity index (χ1) is 13.2. The number of aromatic nitrogens is 2. The monoisotopic (exact) mass is 368 g/mol. The summed E-state index contributed by atoms with van der Waals surface area (Å²) in [5.74, 6) is 0.735. The molecule has 1 aromatic heterocycles. The van der Waals surface area contributed by atoms with Crippen molar-refractivity contribution in [3.05, 3.63) is 48.9 Å². The van der Waals surface area contributed by atoms with E-state index in [1.165, 1.54) is 0 Å². The van der Waals surface area contributed by atoms with Gasteiger partial charge in [0.2, 0.25) is 23.5 Å². The lowest BCUT2D eigenvalue weighted by molar-refractivity contribution is -0.140. The van der Waals surface area contributed by atoms with Crippen LogP contribution in [0.25, 0.3) is 11.4 Å². The molecule has 1 aromatic carbocycles. The van der Waals surface area contributed by atoms with Gasteiger partial charge in [-0.1, -0.05) is 48.0 Å². The Labute approximate surface area is 158 Å². The van der Waals surface area contributed by atoms with Crippen LogP contribution in [0.5, 0.6) is 0 Å². The van der Waals surface area contributed by atoms with Gasteiger partial charge in [0.05, 0.1) is 6.54 Å². The summed E-state index contributed by atoms with van der Waals surface area (Å²) in [5, 5.41) is 3.98. The number of benzene rings is 1. The van der Waals surface area contributed by atoms with Crippen molar-refractivity contribution < 1.29 is 14.1 Å². The van der Waals surface area contributed by atoms with Crippen molar-refractivity contribution in [1.29, 1.82) is 0 Å². The summed E-state index contributed by atoms with van der Waals surface area (Å²) < 4.78 is 5.31. The zero-order valence-electron chi connectivity index (χ0n) is 15.3. The highest BCUT2D eigenvalue weighted by Gasteiger charge is 2.23. The molecule has 0 bridgehead atoms. The van der Waals surface area contributed by atoms with E-state index in [1.807, 2.05) is 30.3 Å². The molecule has 0 radical (unpaired) electrons. The fourth-order valence-electron chi connectivity index (χ4n) is 3.07. The second-order valence-electron chi connectivity index (χ2n) is 6.57. The second kappa shape index (κ2) is 9.12. The summed E-state index contributed by atoms with van der Waals surface area (Å²) >= 11 is 0. The Morgan fingerprint density at radius 3 is 2.85 bits per heavy atom. The van der Waals surface area contributed by atoms with Gasteiger partial charge < -0.3 is 14.3 Å². The number of carbonyl (C=O) groups is 2. The van der Waals surface area contributed by atoms with Crippen LogP contribution < -0.4 is 0 Å². The lowest BCUT2D eigenvalue weighted by Gasteiger charge is -2.25. The van der Waals surface area contributed by atoms with E-state index in [1.54, 1.807) is 15.9 Å². The van der Waals surface area contributed by atoms with E-state index in [0.29, 0.717) is 31.2 Å². The maximum atomic E-state index is 12.7. The summed E-state index contributed by atoms with van der Waals surface area (Å²) in [6.45, 7) is 4.96. The smallest absolute Gasteiger partial charge is 0.246 e. The van der Waals surface area contributed by atoms with Crippen LogP contribution in [0.4, 0.5) is 0 Å². The van der Waals surface area contributed by atoms with Gasteiger partial charge >= 0.3 is 0 Å². The first kappa shape index (κ1) is 18.8. The van der Waals surface area contributed by atoms with Crippen molar-refractivity contribution in [3.8, 4) is 11.4 Å². The predicted octanol–water partition coefficient (Wildman–Crippen LogP) is 2.65. The van der Waals surface area contributed by atoms with Gasteiger partial charge in [-0.05, 0) is 12.8 Å². The van der Waals surface area contributed by atoms with Crippen molar-refractivity contribution in [2.45, 2.75) is 32.2 Å². The van der Waals surface area contributed by atoms with Crippen LogP contribution in [0.3, 0.4) is 0 Å². The lowest BCUT2D eigenvalue weighted by atomic mass is 10.2. The molecule has 3 rings (SSSR count). The van der Waals surface area contributed by atoms with Gasteiger partial charge in [-0.25, -0.2) is 0 Å². The SMILES string of the molecule is C=CCN(Cc1nc(-c2ccccc2)no1)C(=O)CN1CCCCCC1=O. The van der Waals surface area contributed by atoms with Crippen molar-refractivity contribution >= 4 is 11.8 Å². The first-order valence-corrected chi connectivity index (χ1v) is 9.22. The van der Waals surface area contributed by atoms with E-state index in [-0.39, 0.29) is 24.9 Å². The number of hydrogen-bond donors (Lipinski definition) is 0. The zero-order chi connectivity index (χ0) is 19.1. The van der Waals surface area contributed by atoms with Gasteiger partial charge in [0.15, 0.2) is 0 Å². The number of rotatable bonds is 7. The number of likely N-dealkylation sites (tertiary alicyclic amines) is 1. The number of amides is 2. The molecule has 142 valence electrons. The van der Waals surface area contributed by atoms with Gasteiger partial charge in [-0.15, -0.1) is 6.58 Å². The molecule has 27 heavy (non-hydrogen) atoms. The summed E-state index contributed by atoms with van der Waals surface area (Å²) in [7, 11) is 0. The van der Waals surface area contributed by atoms with E-state index >= 15 is 0 Å². The minimum absolute atomic E-state index is 0.0450. The second-order valence-corrected chi connectivity index (χ2v) is 6.57. The van der Waals surface area contributed by atoms with E-state index in [2.05, 4.69) is 16.7 Å². The van der Waals surface area contributed by atoms with Crippen LogP contribution in [-0.4, -0.2) is 51.4 Å². The highest BCUT2D eigenvalue weighted by molar-refractivity contribution is 5.85. The molecule has 1 saturated heterocycles. The van der Waals surface area contributed by atoms with E-state index in [4.69, 9.17) is 4.52 Å². The third-order valence-electron chi connectivity index (χ3n) is 4.53. The molecule has 1 aliphatic rings. The van der Waals surface area contributed by atoms with Crippen LogP contribution in [0.15, 0.2) is 47.5 Å². The average molecular weight is 368 g/mol. The molecule has 0 spiro atoms. The molecule has 0 atom stereocenters. The van der Waals surface area contributed by atoms with Gasteiger partial charge in [0, 0.05) is 25.1 Å². The van der Waals surface area contributed by atoms with Crippen LogP contribution >= 0.6 is 0 Å². The lowest BCUT2D eigenvalue weighted by Crippen LogP contribution is -2.42. The summed E-state index contributed by atoms with van der Waals surface area (Å²) in [5.41, 5.74) is 0.851. The molecule has 2 aromatic rings. The maximum absolute atomic E-state index is 12.7. The first-order valence-electron chi connectivity index (χ1n) is 9.22. The van der Waals surface area contributed by atoms with E-state index < -0.39 is 0 Å². The fraction of sp³-hybridized carbons (Fsp3) is 0.400. The van der Waals surface area contributed by atoms with Crippen LogP contribution in [0, 0.1) is 0 Å². The molecular formula is C20H24N4O3. The van der Waals surface area contributed by atoms with Crippen LogP contribution in [0.1, 0.15) is 31.6 Å². The van der Waals surface area contributed by atoms with Gasteiger partial charge in [0.1, 0.15) is 6.54 Å². The summed E-state index contributed by atoms with van der Waals surface area (Å²) in [6.07, 6.45) is 5.02. The predicted molar refractivity (Wildman–Crippen MR) is 100 cm³/mol. The molecular weight excluding hydrogens is 344 g/mol. The molecule has 0 aliphatic carbocycles. The quantitative estimate of drug-likeness (QED) is 0.702. The third kappa shape index (κ3) is 5.03. The van der Waals surface area contributed by atoms with Crippen LogP contribution in [0.2, 0.25) is 0 Å². The largest absolute Gasteiger partial charge is 0.337 e. The van der Waals surface area contributed by atoms with Crippen LogP contribution in [-0.2, 0) is 16.1 Å². The van der Waals surface area contributed by atoms with Crippen molar-refractivity contribution in [2.75, 3.05) is 19.6 Å². The number of carbonyl (C=O) groups excluding carboxylic acids is 2. The Balaban J connectivity index is 1.66. The maximum Gasteiger partial charge on any atom is 0.246 e. The average Bonchev–Trinajstić information content (AvgIpc) is 3.06. The Hall–Kier alpha value is -2.96. The van der Waals surface area contributed by atoms with E-state index in [9.17, 15) is 9.59 Å². The Bertz CT molecular complexity index is 788. The van der Waals surface area contributed by atoms with Crippen molar-refractivity contribution in [1.82, 2.24) is 19.9 Å². The van der Waals surface area contributed by atoms with Crippen molar-refractivity contribution in [3.63, 3.8) is 0 Å². The molecule has 1 aliphatic heterocycles. The van der Waals surface area contributed by atoms with Gasteiger partial charge in [-0.3, -0.25) is 9.59 Å². The van der Waals surface area contributed by atoms with Gasteiger partial charge in [0.25, 0.3) is 0 Å².